The van der Waals surface area contributed by atoms with E-state index in [1.807, 2.05) is 25.1 Å². The van der Waals surface area contributed by atoms with E-state index in [9.17, 15) is 0 Å². The summed E-state index contributed by atoms with van der Waals surface area (Å²) < 4.78 is 7.47. The van der Waals surface area contributed by atoms with Crippen LogP contribution < -0.4 is 4.74 Å². The van der Waals surface area contributed by atoms with Crippen molar-refractivity contribution in [2.45, 2.75) is 6.92 Å². The van der Waals surface area contributed by atoms with Crippen LogP contribution in [0.1, 0.15) is 5.56 Å². The molecule has 2 aromatic rings. The van der Waals surface area contributed by atoms with Crippen molar-refractivity contribution in [3.8, 4) is 11.6 Å². The van der Waals surface area contributed by atoms with Gasteiger partial charge in [-0.05, 0) is 52.7 Å². The van der Waals surface area contributed by atoms with Crippen molar-refractivity contribution in [3.05, 3.63) is 44.2 Å². The summed E-state index contributed by atoms with van der Waals surface area (Å²) >= 11 is 12.5. The molecule has 0 fully saturated rings. The normalized spacial score (nSPS) is 10.4. The smallest absolute Gasteiger partial charge is 0.226 e. The molecular weight excluding hydrogens is 371 g/mol. The summed E-state index contributed by atoms with van der Waals surface area (Å²) in [6, 6.07) is 5.62. The number of nitrogens with zero attached hydrogens (tertiary/aromatic N) is 2. The summed E-state index contributed by atoms with van der Waals surface area (Å²) in [5.41, 5.74) is 0.823. The van der Waals surface area contributed by atoms with Gasteiger partial charge in [-0.15, -0.1) is 0 Å². The Kier molecular flexibility index (Phi) is 4.01. The fraction of sp³-hybridized carbons (Fsp3) is 0.0909. The first-order valence-corrected chi connectivity index (χ1v) is 6.64. The molecule has 2 rings (SSSR count). The van der Waals surface area contributed by atoms with Crippen LogP contribution in [0.15, 0.2) is 33.3 Å². The second-order valence-corrected chi connectivity index (χ2v) is 5.41. The van der Waals surface area contributed by atoms with Crippen molar-refractivity contribution < 1.29 is 4.74 Å². The largest absolute Gasteiger partial charge is 0.437 e. The first kappa shape index (κ1) is 12.8. The maximum atomic E-state index is 5.73. The molecule has 1 aromatic carbocycles. The van der Waals surface area contributed by atoms with Crippen LogP contribution in [-0.4, -0.2) is 9.97 Å². The number of aryl methyl sites for hydroxylation is 1. The van der Waals surface area contributed by atoms with Crippen LogP contribution in [0, 0.1) is 6.92 Å². The fourth-order valence-corrected chi connectivity index (χ4v) is 2.43. The van der Waals surface area contributed by atoms with E-state index in [0.29, 0.717) is 11.6 Å². The van der Waals surface area contributed by atoms with Crippen LogP contribution in [0.4, 0.5) is 0 Å². The van der Waals surface area contributed by atoms with Crippen LogP contribution in [0.5, 0.6) is 11.6 Å². The molecule has 3 nitrogen and oxygen atoms in total. The Balaban J connectivity index is 2.34. The molecule has 0 aliphatic rings. The molecule has 0 aliphatic heterocycles. The molecule has 0 bridgehead atoms. The number of aromatic nitrogens is 2. The zero-order valence-electron chi connectivity index (χ0n) is 8.75. The van der Waals surface area contributed by atoms with E-state index in [2.05, 4.69) is 41.8 Å². The Morgan fingerprint density at radius 2 is 2.06 bits per heavy atom. The predicted octanol–water partition coefficient (Wildman–Crippen LogP) is 4.76. The van der Waals surface area contributed by atoms with Gasteiger partial charge in [0.2, 0.25) is 11.2 Å². The molecule has 0 amide bonds. The van der Waals surface area contributed by atoms with E-state index >= 15 is 0 Å². The zero-order chi connectivity index (χ0) is 12.4. The highest BCUT2D eigenvalue weighted by Crippen LogP contribution is 2.32. The third-order valence-electron chi connectivity index (χ3n) is 2.00. The van der Waals surface area contributed by atoms with Crippen LogP contribution in [0.2, 0.25) is 5.28 Å². The maximum absolute atomic E-state index is 5.73. The van der Waals surface area contributed by atoms with Gasteiger partial charge in [-0.2, -0.15) is 4.98 Å². The lowest BCUT2D eigenvalue weighted by molar-refractivity contribution is 0.454. The third-order valence-corrected chi connectivity index (χ3v) is 3.29. The van der Waals surface area contributed by atoms with Crippen molar-refractivity contribution >= 4 is 43.5 Å². The van der Waals surface area contributed by atoms with Gasteiger partial charge in [-0.3, -0.25) is 0 Å². The Morgan fingerprint density at radius 3 is 2.76 bits per heavy atom. The second-order valence-electron chi connectivity index (χ2n) is 3.30. The molecule has 0 unspecified atom stereocenters. The molecule has 1 heterocycles. The molecular formula is C11H7Br2ClN2O. The summed E-state index contributed by atoms with van der Waals surface area (Å²) in [4.78, 5) is 7.90. The van der Waals surface area contributed by atoms with E-state index in [-0.39, 0.29) is 5.28 Å². The first-order valence-electron chi connectivity index (χ1n) is 4.68. The predicted molar refractivity (Wildman–Crippen MR) is 73.7 cm³/mol. The highest BCUT2D eigenvalue weighted by molar-refractivity contribution is 9.11. The Morgan fingerprint density at radius 1 is 1.29 bits per heavy atom. The van der Waals surface area contributed by atoms with Gasteiger partial charge in [0.1, 0.15) is 5.75 Å². The molecule has 0 radical (unpaired) electrons. The van der Waals surface area contributed by atoms with Crippen molar-refractivity contribution in [1.82, 2.24) is 9.97 Å². The summed E-state index contributed by atoms with van der Waals surface area (Å²) in [6.45, 7) is 1.86. The average molecular weight is 378 g/mol. The topological polar surface area (TPSA) is 35.0 Å². The molecule has 88 valence electrons. The Labute approximate surface area is 120 Å². The molecule has 0 saturated carbocycles. The minimum atomic E-state index is 0.166. The van der Waals surface area contributed by atoms with Crippen LogP contribution in [0.3, 0.4) is 0 Å². The average Bonchev–Trinajstić information content (AvgIpc) is 2.27. The number of halogens is 3. The molecule has 0 saturated heterocycles. The number of hydrogen-bond donors (Lipinski definition) is 0. The van der Waals surface area contributed by atoms with E-state index in [1.54, 1.807) is 6.20 Å². The molecule has 1 aromatic heterocycles. The molecule has 0 aliphatic carbocycles. The lowest BCUT2D eigenvalue weighted by atomic mass is 10.3. The van der Waals surface area contributed by atoms with Gasteiger partial charge in [0.25, 0.3) is 0 Å². The summed E-state index contributed by atoms with van der Waals surface area (Å²) in [5.74, 6) is 1.12. The SMILES string of the molecule is Cc1cnc(Cl)nc1Oc1ccc(Br)cc1Br. The number of ether oxygens (including phenoxy) is 1. The highest BCUT2D eigenvalue weighted by Gasteiger charge is 2.08. The van der Waals surface area contributed by atoms with Crippen LogP contribution in [-0.2, 0) is 0 Å². The monoisotopic (exact) mass is 376 g/mol. The lowest BCUT2D eigenvalue weighted by Gasteiger charge is -2.09. The molecule has 17 heavy (non-hydrogen) atoms. The number of hydrogen-bond acceptors (Lipinski definition) is 3. The maximum Gasteiger partial charge on any atom is 0.226 e. The van der Waals surface area contributed by atoms with Crippen LogP contribution in [0.25, 0.3) is 0 Å². The van der Waals surface area contributed by atoms with Gasteiger partial charge >= 0.3 is 0 Å². The first-order chi connectivity index (χ1) is 8.06. The highest BCUT2D eigenvalue weighted by atomic mass is 79.9. The molecule has 0 atom stereocenters. The van der Waals surface area contributed by atoms with Crippen molar-refractivity contribution in [2.24, 2.45) is 0 Å². The van der Waals surface area contributed by atoms with Crippen molar-refractivity contribution in [1.29, 1.82) is 0 Å². The summed E-state index contributed by atoms with van der Waals surface area (Å²) in [5, 5.41) is 0.166. The third kappa shape index (κ3) is 3.18. The van der Waals surface area contributed by atoms with Gasteiger partial charge in [0.05, 0.1) is 4.47 Å². The van der Waals surface area contributed by atoms with E-state index < -0.39 is 0 Å². The Hall–Kier alpha value is -0.650. The summed E-state index contributed by atoms with van der Waals surface area (Å²) in [6.07, 6.45) is 1.62. The molecule has 6 heteroatoms. The van der Waals surface area contributed by atoms with Crippen LogP contribution >= 0.6 is 43.5 Å². The van der Waals surface area contributed by atoms with E-state index in [1.165, 1.54) is 0 Å². The lowest BCUT2D eigenvalue weighted by Crippen LogP contribution is -1.94. The minimum absolute atomic E-state index is 0.166. The van der Waals surface area contributed by atoms with Gasteiger partial charge in [-0.1, -0.05) is 15.9 Å². The van der Waals surface area contributed by atoms with E-state index in [0.717, 1.165) is 14.5 Å². The van der Waals surface area contributed by atoms with E-state index in [4.69, 9.17) is 16.3 Å². The van der Waals surface area contributed by atoms with Gasteiger partial charge in [0.15, 0.2) is 0 Å². The van der Waals surface area contributed by atoms with Crippen molar-refractivity contribution in [3.63, 3.8) is 0 Å². The van der Waals surface area contributed by atoms with Gasteiger partial charge < -0.3 is 4.74 Å². The quantitative estimate of drug-likeness (QED) is 0.707. The fourth-order valence-electron chi connectivity index (χ4n) is 1.17. The van der Waals surface area contributed by atoms with Gasteiger partial charge in [0, 0.05) is 16.2 Å². The standard InChI is InChI=1S/C11H7Br2ClN2O/c1-6-5-15-11(14)16-10(6)17-9-3-2-7(12)4-8(9)13/h2-5H,1H3. The molecule has 0 N–H and O–H groups in total. The summed E-state index contributed by atoms with van der Waals surface area (Å²) in [7, 11) is 0. The van der Waals surface area contributed by atoms with Crippen molar-refractivity contribution in [2.75, 3.05) is 0 Å². The number of rotatable bonds is 2. The molecule has 0 spiro atoms. The van der Waals surface area contributed by atoms with Gasteiger partial charge in [-0.25, -0.2) is 4.98 Å². The number of benzene rings is 1. The Bertz CT molecular complexity index is 563. The minimum Gasteiger partial charge on any atom is -0.437 e. The second kappa shape index (κ2) is 5.33. The zero-order valence-corrected chi connectivity index (χ0v) is 12.7.